The first-order valence-electron chi connectivity index (χ1n) is 6.02. The molecule has 3 nitrogen and oxygen atoms in total. The summed E-state index contributed by atoms with van der Waals surface area (Å²) in [6, 6.07) is 0. The van der Waals surface area contributed by atoms with Crippen molar-refractivity contribution in [2.75, 3.05) is 23.3 Å². The van der Waals surface area contributed by atoms with E-state index in [0.717, 1.165) is 30.8 Å². The molecule has 0 N–H and O–H groups in total. The van der Waals surface area contributed by atoms with Crippen molar-refractivity contribution >= 4 is 21.7 Å². The van der Waals surface area contributed by atoms with Crippen LogP contribution in [0.3, 0.4) is 0 Å². The normalized spacial score (nSPS) is 23.8. The number of aryl methyl sites for hydroxylation is 1. The maximum Gasteiger partial charge on any atom is 0.135 e. The summed E-state index contributed by atoms with van der Waals surface area (Å²) in [5.41, 5.74) is 2.70. The second kappa shape index (κ2) is 4.32. The van der Waals surface area contributed by atoms with Gasteiger partial charge in [0.2, 0.25) is 0 Å². The van der Waals surface area contributed by atoms with Crippen LogP contribution in [0, 0.1) is 5.92 Å². The predicted octanol–water partition coefficient (Wildman–Crippen LogP) is 2.19. The van der Waals surface area contributed by atoms with Gasteiger partial charge in [-0.3, -0.25) is 0 Å². The number of aromatic nitrogens is 2. The second-order valence-electron chi connectivity index (χ2n) is 4.73. The molecule has 2 aliphatic rings. The van der Waals surface area contributed by atoms with E-state index in [0.29, 0.717) is 0 Å². The van der Waals surface area contributed by atoms with E-state index in [-0.39, 0.29) is 0 Å². The Bertz CT molecular complexity index is 394. The topological polar surface area (TPSA) is 29.0 Å². The molecule has 2 heterocycles. The van der Waals surface area contributed by atoms with Gasteiger partial charge in [0.25, 0.3) is 0 Å². The number of hydrogen-bond donors (Lipinski definition) is 0. The van der Waals surface area contributed by atoms with Crippen molar-refractivity contribution in [2.24, 2.45) is 5.92 Å². The van der Waals surface area contributed by atoms with Gasteiger partial charge < -0.3 is 4.90 Å². The van der Waals surface area contributed by atoms with E-state index in [1.165, 1.54) is 36.3 Å². The number of rotatable bonds is 2. The summed E-state index contributed by atoms with van der Waals surface area (Å²) in [6.45, 7) is 2.30. The molecule has 1 atom stereocenters. The zero-order chi connectivity index (χ0) is 11.0. The van der Waals surface area contributed by atoms with Gasteiger partial charge in [-0.2, -0.15) is 0 Å². The van der Waals surface area contributed by atoms with Gasteiger partial charge in [0.15, 0.2) is 0 Å². The zero-order valence-corrected chi connectivity index (χ0v) is 10.9. The Hall–Kier alpha value is -0.640. The van der Waals surface area contributed by atoms with Crippen molar-refractivity contribution in [1.29, 1.82) is 0 Å². The van der Waals surface area contributed by atoms with Gasteiger partial charge in [0, 0.05) is 29.7 Å². The summed E-state index contributed by atoms with van der Waals surface area (Å²) in [7, 11) is 0. The number of anilines is 1. The zero-order valence-electron chi connectivity index (χ0n) is 9.32. The van der Waals surface area contributed by atoms with Crippen LogP contribution in [-0.4, -0.2) is 28.4 Å². The molecule has 0 spiro atoms. The van der Waals surface area contributed by atoms with Crippen molar-refractivity contribution in [3.63, 3.8) is 0 Å². The molecule has 1 aliphatic carbocycles. The van der Waals surface area contributed by atoms with Crippen molar-refractivity contribution in [1.82, 2.24) is 9.97 Å². The first-order valence-corrected chi connectivity index (χ1v) is 7.14. The Morgan fingerprint density at radius 1 is 1.38 bits per heavy atom. The van der Waals surface area contributed by atoms with Gasteiger partial charge >= 0.3 is 0 Å². The molecule has 3 rings (SSSR count). The van der Waals surface area contributed by atoms with Crippen LogP contribution in [-0.2, 0) is 12.8 Å². The van der Waals surface area contributed by atoms with E-state index in [4.69, 9.17) is 0 Å². The Morgan fingerprint density at radius 2 is 2.31 bits per heavy atom. The van der Waals surface area contributed by atoms with Crippen LogP contribution >= 0.6 is 15.9 Å². The molecule has 1 saturated heterocycles. The van der Waals surface area contributed by atoms with Gasteiger partial charge in [-0.25, -0.2) is 9.97 Å². The molecule has 1 fully saturated rings. The summed E-state index contributed by atoms with van der Waals surface area (Å²) < 4.78 is 0. The molecule has 1 aliphatic heterocycles. The van der Waals surface area contributed by atoms with Crippen LogP contribution in [0.1, 0.15) is 24.1 Å². The lowest BCUT2D eigenvalue weighted by atomic mass is 10.2. The van der Waals surface area contributed by atoms with Gasteiger partial charge in [0.05, 0.1) is 0 Å². The van der Waals surface area contributed by atoms with Crippen LogP contribution in [0.15, 0.2) is 6.33 Å². The fraction of sp³-hybridized carbons (Fsp3) is 0.667. The van der Waals surface area contributed by atoms with Crippen molar-refractivity contribution in [3.05, 3.63) is 17.6 Å². The van der Waals surface area contributed by atoms with Crippen molar-refractivity contribution in [3.8, 4) is 0 Å². The highest BCUT2D eigenvalue weighted by Gasteiger charge is 2.26. The molecule has 0 saturated carbocycles. The maximum absolute atomic E-state index is 4.50. The van der Waals surface area contributed by atoms with Gasteiger partial charge in [0.1, 0.15) is 12.1 Å². The Morgan fingerprint density at radius 3 is 3.12 bits per heavy atom. The van der Waals surface area contributed by atoms with Crippen LogP contribution in [0.5, 0.6) is 0 Å². The maximum atomic E-state index is 4.50. The largest absolute Gasteiger partial charge is 0.356 e. The summed E-state index contributed by atoms with van der Waals surface area (Å²) in [4.78, 5) is 11.3. The number of alkyl halides is 1. The van der Waals surface area contributed by atoms with Crippen LogP contribution in [0.25, 0.3) is 0 Å². The average molecular weight is 282 g/mol. The Kier molecular flexibility index (Phi) is 2.84. The van der Waals surface area contributed by atoms with Crippen molar-refractivity contribution in [2.45, 2.75) is 25.7 Å². The minimum absolute atomic E-state index is 0.784. The minimum Gasteiger partial charge on any atom is -0.356 e. The standard InChI is InChI=1S/C12H16BrN3/c13-6-9-4-5-16(7-9)12-10-2-1-3-11(10)14-8-15-12/h8-9H,1-7H2. The smallest absolute Gasteiger partial charge is 0.135 e. The lowest BCUT2D eigenvalue weighted by Crippen LogP contribution is -2.22. The van der Waals surface area contributed by atoms with Gasteiger partial charge in [-0.05, 0) is 31.6 Å². The minimum atomic E-state index is 0.784. The average Bonchev–Trinajstić information content (AvgIpc) is 2.97. The van der Waals surface area contributed by atoms with Crippen LogP contribution in [0.2, 0.25) is 0 Å². The lowest BCUT2D eigenvalue weighted by molar-refractivity contribution is 0.675. The van der Waals surface area contributed by atoms with E-state index in [9.17, 15) is 0 Å². The first-order chi connectivity index (χ1) is 7.88. The molecule has 86 valence electrons. The first kappa shape index (κ1) is 10.5. The molecule has 16 heavy (non-hydrogen) atoms. The predicted molar refractivity (Wildman–Crippen MR) is 68.2 cm³/mol. The summed E-state index contributed by atoms with van der Waals surface area (Å²) in [5, 5.41) is 1.11. The molecular formula is C12H16BrN3. The van der Waals surface area contributed by atoms with E-state index < -0.39 is 0 Å². The molecule has 1 aromatic heterocycles. The van der Waals surface area contributed by atoms with E-state index >= 15 is 0 Å². The number of hydrogen-bond acceptors (Lipinski definition) is 3. The number of fused-ring (bicyclic) bond motifs is 1. The molecule has 0 amide bonds. The third-order valence-corrected chi connectivity index (χ3v) is 4.57. The van der Waals surface area contributed by atoms with Gasteiger partial charge in [-0.15, -0.1) is 0 Å². The molecular weight excluding hydrogens is 266 g/mol. The molecule has 0 bridgehead atoms. The number of nitrogens with zero attached hydrogens (tertiary/aromatic N) is 3. The highest BCUT2D eigenvalue weighted by Crippen LogP contribution is 2.31. The van der Waals surface area contributed by atoms with Crippen LogP contribution < -0.4 is 4.90 Å². The molecule has 4 heteroatoms. The van der Waals surface area contributed by atoms with Gasteiger partial charge in [-0.1, -0.05) is 15.9 Å². The molecule has 1 aromatic rings. The fourth-order valence-electron chi connectivity index (χ4n) is 2.77. The fourth-order valence-corrected chi connectivity index (χ4v) is 3.29. The number of halogens is 1. The monoisotopic (exact) mass is 281 g/mol. The third kappa shape index (κ3) is 1.73. The highest BCUT2D eigenvalue weighted by atomic mass is 79.9. The lowest BCUT2D eigenvalue weighted by Gasteiger charge is -2.19. The van der Waals surface area contributed by atoms with E-state index in [1.807, 2.05) is 0 Å². The Balaban J connectivity index is 1.87. The van der Waals surface area contributed by atoms with Crippen molar-refractivity contribution < 1.29 is 0 Å². The quantitative estimate of drug-likeness (QED) is 0.779. The SMILES string of the molecule is BrCC1CCN(c2ncnc3c2CCC3)C1. The Labute approximate surface area is 104 Å². The van der Waals surface area contributed by atoms with E-state index in [2.05, 4.69) is 30.8 Å². The summed E-state index contributed by atoms with van der Waals surface area (Å²) in [6.07, 6.45) is 6.57. The third-order valence-electron chi connectivity index (χ3n) is 3.66. The summed E-state index contributed by atoms with van der Waals surface area (Å²) >= 11 is 3.58. The molecule has 1 unspecified atom stereocenters. The second-order valence-corrected chi connectivity index (χ2v) is 5.38. The van der Waals surface area contributed by atoms with Crippen LogP contribution in [0.4, 0.5) is 5.82 Å². The molecule has 0 radical (unpaired) electrons. The summed E-state index contributed by atoms with van der Waals surface area (Å²) in [5.74, 6) is 2.00. The molecule has 0 aromatic carbocycles. The highest BCUT2D eigenvalue weighted by molar-refractivity contribution is 9.09. The van der Waals surface area contributed by atoms with E-state index in [1.54, 1.807) is 6.33 Å².